The molecule has 3 nitrogen and oxygen atoms in total. The quantitative estimate of drug-likeness (QED) is 0.176. The molecule has 0 aromatic heterocycles. The van der Waals surface area contributed by atoms with Crippen LogP contribution < -0.4 is 0 Å². The molecule has 0 atom stereocenters. The number of hydrogen-bond acceptors (Lipinski definition) is 2. The topological polar surface area (TPSA) is 57.5 Å². The molecule has 0 saturated heterocycles. The van der Waals surface area contributed by atoms with E-state index >= 15 is 0 Å². The molecule has 0 radical (unpaired) electrons. The minimum atomic E-state index is -1.32. The number of aliphatic hydroxyl groups excluding tert-OH is 1. The summed E-state index contributed by atoms with van der Waals surface area (Å²) in [7, 11) is 0. The van der Waals surface area contributed by atoms with Crippen LogP contribution in [0.15, 0.2) is 48.3 Å². The van der Waals surface area contributed by atoms with Crippen LogP contribution in [-0.2, 0) is 4.79 Å². The van der Waals surface area contributed by atoms with Gasteiger partial charge < -0.3 is 10.2 Å². The first-order valence-corrected chi connectivity index (χ1v) is 8.81. The first kappa shape index (κ1) is 21.2. The Morgan fingerprint density at radius 2 is 1.26 bits per heavy atom. The average molecular weight is 320 g/mol. The van der Waals surface area contributed by atoms with Crippen molar-refractivity contribution in [2.45, 2.75) is 71.1 Å². The number of carboxylic acids is 1. The van der Waals surface area contributed by atoms with Crippen molar-refractivity contribution in [1.82, 2.24) is 0 Å². The summed E-state index contributed by atoms with van der Waals surface area (Å²) < 4.78 is 0. The summed E-state index contributed by atoms with van der Waals surface area (Å²) >= 11 is 0. The molecule has 0 unspecified atom stereocenters. The second kappa shape index (κ2) is 16.6. The standard InChI is InChI=1S/C20H32O3/c1-2-3-4-5-6-7-8-9-10-11-12-13-14-15-16-17-18-19(21)20(22)23/h12-18,21H,2-11H2,1H3,(H,22,23)/b13-12+,15-14-,17-16-,19-18-. The third-order valence-electron chi connectivity index (χ3n) is 3.53. The molecule has 0 spiro atoms. The first-order chi connectivity index (χ1) is 11.2. The highest BCUT2D eigenvalue weighted by atomic mass is 16.4. The third-order valence-corrected chi connectivity index (χ3v) is 3.53. The lowest BCUT2D eigenvalue weighted by Crippen LogP contribution is -1.97. The van der Waals surface area contributed by atoms with Gasteiger partial charge in [-0.15, -0.1) is 0 Å². The Balaban J connectivity index is 3.47. The molecule has 0 aliphatic heterocycles. The lowest BCUT2D eigenvalue weighted by atomic mass is 10.1. The van der Waals surface area contributed by atoms with E-state index in [1.54, 1.807) is 12.2 Å². The minimum Gasteiger partial charge on any atom is -0.502 e. The Hall–Kier alpha value is -1.77. The molecule has 130 valence electrons. The molecule has 0 aromatic carbocycles. The van der Waals surface area contributed by atoms with E-state index in [2.05, 4.69) is 13.0 Å². The van der Waals surface area contributed by atoms with Crippen molar-refractivity contribution in [1.29, 1.82) is 0 Å². The SMILES string of the molecule is CCCCCCCCCCC/C=C/C=C\C=C/C=C(\O)C(=O)O. The van der Waals surface area contributed by atoms with Crippen LogP contribution in [0.4, 0.5) is 0 Å². The van der Waals surface area contributed by atoms with Gasteiger partial charge in [-0.1, -0.05) is 94.7 Å². The molecule has 0 heterocycles. The second-order valence-electron chi connectivity index (χ2n) is 5.67. The van der Waals surface area contributed by atoms with Gasteiger partial charge in [0.15, 0.2) is 0 Å². The van der Waals surface area contributed by atoms with Gasteiger partial charge in [-0.25, -0.2) is 4.79 Å². The monoisotopic (exact) mass is 320 g/mol. The minimum absolute atomic E-state index is 0.657. The first-order valence-electron chi connectivity index (χ1n) is 8.81. The van der Waals surface area contributed by atoms with E-state index in [-0.39, 0.29) is 0 Å². The summed E-state index contributed by atoms with van der Waals surface area (Å²) in [5.74, 6) is -1.98. The van der Waals surface area contributed by atoms with Gasteiger partial charge in [0.2, 0.25) is 5.76 Å². The van der Waals surface area contributed by atoms with Gasteiger partial charge in [-0.3, -0.25) is 0 Å². The maximum atomic E-state index is 10.3. The van der Waals surface area contributed by atoms with Crippen LogP contribution in [0.5, 0.6) is 0 Å². The van der Waals surface area contributed by atoms with E-state index in [0.29, 0.717) is 0 Å². The highest BCUT2D eigenvalue weighted by Crippen LogP contribution is 2.10. The van der Waals surface area contributed by atoms with E-state index in [1.165, 1.54) is 63.9 Å². The van der Waals surface area contributed by atoms with Crippen molar-refractivity contribution < 1.29 is 15.0 Å². The number of carboxylic acid groups (broad SMARTS) is 1. The van der Waals surface area contributed by atoms with E-state index in [1.807, 2.05) is 12.2 Å². The zero-order valence-electron chi connectivity index (χ0n) is 14.4. The molecule has 2 N–H and O–H groups in total. The fourth-order valence-electron chi connectivity index (χ4n) is 2.16. The van der Waals surface area contributed by atoms with Gasteiger partial charge >= 0.3 is 5.97 Å². The number of aliphatic hydroxyl groups is 1. The summed E-state index contributed by atoms with van der Waals surface area (Å²) in [6.45, 7) is 2.25. The summed E-state index contributed by atoms with van der Waals surface area (Å²) in [4.78, 5) is 10.3. The molecule has 0 aromatic rings. The number of hydrogen-bond donors (Lipinski definition) is 2. The molecule has 0 fully saturated rings. The number of unbranched alkanes of at least 4 members (excludes halogenated alkanes) is 9. The predicted molar refractivity (Wildman–Crippen MR) is 97.6 cm³/mol. The van der Waals surface area contributed by atoms with Crippen LogP contribution in [0.25, 0.3) is 0 Å². The summed E-state index contributed by atoms with van der Waals surface area (Å²) in [6.07, 6.45) is 25.4. The molecular formula is C20H32O3. The summed E-state index contributed by atoms with van der Waals surface area (Å²) in [5, 5.41) is 17.3. The lowest BCUT2D eigenvalue weighted by molar-refractivity contribution is -0.135. The fourth-order valence-corrected chi connectivity index (χ4v) is 2.16. The maximum absolute atomic E-state index is 10.3. The molecule has 0 aliphatic rings. The summed E-state index contributed by atoms with van der Waals surface area (Å²) in [5.41, 5.74) is 0. The van der Waals surface area contributed by atoms with Crippen molar-refractivity contribution in [3.63, 3.8) is 0 Å². The normalized spacial score (nSPS) is 12.8. The molecule has 3 heteroatoms. The number of rotatable bonds is 14. The van der Waals surface area contributed by atoms with Crippen molar-refractivity contribution in [3.8, 4) is 0 Å². The van der Waals surface area contributed by atoms with Gasteiger partial charge in [0, 0.05) is 0 Å². The van der Waals surface area contributed by atoms with E-state index in [4.69, 9.17) is 10.2 Å². The largest absolute Gasteiger partial charge is 0.502 e. The molecule has 0 rings (SSSR count). The van der Waals surface area contributed by atoms with E-state index in [9.17, 15) is 4.79 Å². The van der Waals surface area contributed by atoms with Crippen LogP contribution in [-0.4, -0.2) is 16.2 Å². The zero-order chi connectivity index (χ0) is 17.2. The number of aliphatic carboxylic acids is 1. The zero-order valence-corrected chi connectivity index (χ0v) is 14.4. The van der Waals surface area contributed by atoms with Crippen molar-refractivity contribution >= 4 is 5.97 Å². The second-order valence-corrected chi connectivity index (χ2v) is 5.67. The number of carbonyl (C=O) groups is 1. The Morgan fingerprint density at radius 1 is 0.739 bits per heavy atom. The van der Waals surface area contributed by atoms with Crippen molar-refractivity contribution in [2.24, 2.45) is 0 Å². The molecule has 0 bridgehead atoms. The van der Waals surface area contributed by atoms with Gasteiger partial charge in [0.1, 0.15) is 0 Å². The molecular weight excluding hydrogens is 288 g/mol. The Kier molecular flexibility index (Phi) is 15.3. The van der Waals surface area contributed by atoms with Gasteiger partial charge in [0.25, 0.3) is 0 Å². The molecule has 0 saturated carbocycles. The highest BCUT2D eigenvalue weighted by molar-refractivity contribution is 5.83. The summed E-state index contributed by atoms with van der Waals surface area (Å²) in [6, 6.07) is 0. The third kappa shape index (κ3) is 16.4. The van der Waals surface area contributed by atoms with Crippen LogP contribution >= 0.6 is 0 Å². The van der Waals surface area contributed by atoms with Gasteiger partial charge in [-0.05, 0) is 18.9 Å². The molecule has 23 heavy (non-hydrogen) atoms. The average Bonchev–Trinajstić information content (AvgIpc) is 2.54. The number of allylic oxidation sites excluding steroid dienone is 7. The van der Waals surface area contributed by atoms with Crippen molar-refractivity contribution in [3.05, 3.63) is 48.3 Å². The Labute approximate surface area is 141 Å². The van der Waals surface area contributed by atoms with Crippen LogP contribution in [0.3, 0.4) is 0 Å². The maximum Gasteiger partial charge on any atom is 0.370 e. The van der Waals surface area contributed by atoms with Crippen LogP contribution in [0.1, 0.15) is 71.1 Å². The molecule has 0 amide bonds. The Bertz CT molecular complexity index is 403. The molecule has 0 aliphatic carbocycles. The van der Waals surface area contributed by atoms with Crippen molar-refractivity contribution in [2.75, 3.05) is 0 Å². The Morgan fingerprint density at radius 3 is 1.87 bits per heavy atom. The van der Waals surface area contributed by atoms with Gasteiger partial charge in [0.05, 0.1) is 0 Å². The van der Waals surface area contributed by atoms with E-state index < -0.39 is 11.7 Å². The lowest BCUT2D eigenvalue weighted by Gasteiger charge is -2.00. The van der Waals surface area contributed by atoms with Crippen LogP contribution in [0, 0.1) is 0 Å². The smallest absolute Gasteiger partial charge is 0.370 e. The van der Waals surface area contributed by atoms with E-state index in [0.717, 1.165) is 12.5 Å². The fraction of sp³-hybridized carbons (Fsp3) is 0.550. The predicted octanol–water partition coefficient (Wildman–Crippen LogP) is 6.10. The van der Waals surface area contributed by atoms with Crippen LogP contribution in [0.2, 0.25) is 0 Å². The van der Waals surface area contributed by atoms with Gasteiger partial charge in [-0.2, -0.15) is 0 Å². The highest BCUT2D eigenvalue weighted by Gasteiger charge is 1.99.